The van der Waals surface area contributed by atoms with E-state index in [1.54, 1.807) is 14.2 Å². The minimum absolute atomic E-state index is 0.0462. The highest BCUT2D eigenvalue weighted by atomic mass is 16.5. The molecule has 1 aliphatic rings. The van der Waals surface area contributed by atoms with Crippen molar-refractivity contribution in [2.45, 2.75) is 70.1 Å². The molecule has 0 spiro atoms. The number of carbonyl (C=O) groups excluding carboxylic acids is 1. The number of aromatic amines is 1. The number of aryl methyl sites for hydroxylation is 1. The van der Waals surface area contributed by atoms with Gasteiger partial charge in [-0.1, -0.05) is 18.9 Å². The molecule has 3 aromatic heterocycles. The molecule has 38 heavy (non-hydrogen) atoms. The van der Waals surface area contributed by atoms with Gasteiger partial charge in [0.05, 0.1) is 42.9 Å². The minimum Gasteiger partial charge on any atom is -0.496 e. The van der Waals surface area contributed by atoms with Gasteiger partial charge in [-0.2, -0.15) is 0 Å². The molecular formula is C29H35N5O4. The Morgan fingerprint density at radius 1 is 1.18 bits per heavy atom. The van der Waals surface area contributed by atoms with E-state index in [0.29, 0.717) is 18.6 Å². The van der Waals surface area contributed by atoms with Crippen LogP contribution in [-0.2, 0) is 4.74 Å². The molecule has 1 aromatic carbocycles. The van der Waals surface area contributed by atoms with Gasteiger partial charge in [-0.05, 0) is 44.7 Å². The number of nitrogens with one attached hydrogen (secondary N) is 2. The summed E-state index contributed by atoms with van der Waals surface area (Å²) in [6, 6.07) is 8.64. The molecule has 1 aliphatic carbocycles. The first-order chi connectivity index (χ1) is 18.5. The van der Waals surface area contributed by atoms with Crippen molar-refractivity contribution < 1.29 is 18.7 Å². The van der Waals surface area contributed by atoms with Gasteiger partial charge >= 0.3 is 0 Å². The number of fused-ring (bicyclic) bond motifs is 1. The Morgan fingerprint density at radius 3 is 2.82 bits per heavy atom. The minimum atomic E-state index is -0.0462. The van der Waals surface area contributed by atoms with Crippen LogP contribution in [0.15, 0.2) is 47.3 Å². The number of unbranched alkanes of at least 4 members (excludes halogenated alkanes) is 2. The van der Waals surface area contributed by atoms with Crippen molar-refractivity contribution in [1.29, 1.82) is 0 Å². The standard InChI is InChI=1S/C29H35N5O4/c1-18-9-10-19-13-22(27(37-3)16-24(19)32-18)25-17-31-28(34-25)23(33-20-14-21(15-20)36-2)7-5-4-6-8-26(35)29-30-11-12-38-29/h9-13,16-17,20-21,23,33H,4-8,14-15H2,1-3H3,(H,31,34). The quantitative estimate of drug-likeness (QED) is 0.175. The van der Waals surface area contributed by atoms with Crippen molar-refractivity contribution in [3.05, 3.63) is 60.3 Å². The van der Waals surface area contributed by atoms with Crippen LogP contribution in [0, 0.1) is 6.92 Å². The van der Waals surface area contributed by atoms with Gasteiger partial charge in [0.25, 0.3) is 5.89 Å². The lowest BCUT2D eigenvalue weighted by molar-refractivity contribution is 0.0134. The zero-order valence-electron chi connectivity index (χ0n) is 22.2. The van der Waals surface area contributed by atoms with Crippen LogP contribution in [0.5, 0.6) is 5.75 Å². The summed E-state index contributed by atoms with van der Waals surface area (Å²) < 4.78 is 16.3. The number of ketones is 1. The Bertz CT molecular complexity index is 1360. The van der Waals surface area contributed by atoms with Crippen molar-refractivity contribution in [2.75, 3.05) is 14.2 Å². The first kappa shape index (κ1) is 26.1. The number of benzene rings is 1. The summed E-state index contributed by atoms with van der Waals surface area (Å²) in [5, 5.41) is 4.83. The molecule has 1 unspecified atom stereocenters. The number of H-pyrrole nitrogens is 1. The number of Topliss-reactive ketones (excluding diaryl/α,β-unsaturated/α-hetero) is 1. The molecule has 0 bridgehead atoms. The molecule has 0 radical (unpaired) electrons. The van der Waals surface area contributed by atoms with Gasteiger partial charge < -0.3 is 24.2 Å². The van der Waals surface area contributed by atoms with Crippen molar-refractivity contribution in [2.24, 2.45) is 0 Å². The number of pyridine rings is 1. The second-order valence-corrected chi connectivity index (χ2v) is 9.98. The third-order valence-electron chi connectivity index (χ3n) is 7.30. The number of rotatable bonds is 13. The van der Waals surface area contributed by atoms with E-state index in [1.165, 1.54) is 12.5 Å². The summed E-state index contributed by atoms with van der Waals surface area (Å²) >= 11 is 0. The molecule has 4 aromatic rings. The van der Waals surface area contributed by atoms with Gasteiger partial charge in [-0.3, -0.25) is 9.78 Å². The van der Waals surface area contributed by atoms with E-state index in [-0.39, 0.29) is 17.7 Å². The third kappa shape index (κ3) is 5.95. The van der Waals surface area contributed by atoms with Crippen LogP contribution in [0.1, 0.15) is 73.2 Å². The highest BCUT2D eigenvalue weighted by Crippen LogP contribution is 2.34. The largest absolute Gasteiger partial charge is 0.496 e. The second-order valence-electron chi connectivity index (χ2n) is 9.98. The number of oxazole rings is 1. The van der Waals surface area contributed by atoms with E-state index in [9.17, 15) is 4.79 Å². The smallest absolute Gasteiger partial charge is 0.263 e. The van der Waals surface area contributed by atoms with Gasteiger partial charge in [0.15, 0.2) is 0 Å². The topological polar surface area (TPSA) is 115 Å². The fourth-order valence-electron chi connectivity index (χ4n) is 5.04. The number of nitrogens with zero attached hydrogens (tertiary/aromatic N) is 3. The van der Waals surface area contributed by atoms with Gasteiger partial charge in [-0.15, -0.1) is 0 Å². The molecule has 9 heteroatoms. The highest BCUT2D eigenvalue weighted by molar-refractivity contribution is 5.91. The first-order valence-electron chi connectivity index (χ1n) is 13.3. The molecule has 0 saturated heterocycles. The maximum atomic E-state index is 12.2. The fraction of sp³-hybridized carbons (Fsp3) is 0.448. The van der Waals surface area contributed by atoms with E-state index < -0.39 is 0 Å². The average Bonchev–Trinajstić information content (AvgIpc) is 3.61. The Balaban J connectivity index is 1.27. The van der Waals surface area contributed by atoms with Crippen LogP contribution in [0.2, 0.25) is 0 Å². The lowest BCUT2D eigenvalue weighted by Crippen LogP contribution is -2.46. The van der Waals surface area contributed by atoms with E-state index in [1.807, 2.05) is 25.3 Å². The van der Waals surface area contributed by atoms with Crippen LogP contribution >= 0.6 is 0 Å². The van der Waals surface area contributed by atoms with E-state index >= 15 is 0 Å². The molecular weight excluding hydrogens is 482 g/mol. The van der Waals surface area contributed by atoms with Crippen LogP contribution in [0.4, 0.5) is 0 Å². The number of hydrogen-bond donors (Lipinski definition) is 2. The van der Waals surface area contributed by atoms with Gasteiger partial charge in [-0.25, -0.2) is 9.97 Å². The zero-order valence-corrected chi connectivity index (χ0v) is 22.2. The summed E-state index contributed by atoms with van der Waals surface area (Å²) in [6.45, 7) is 1.99. The Labute approximate surface area is 222 Å². The predicted molar refractivity (Wildman–Crippen MR) is 144 cm³/mol. The zero-order chi connectivity index (χ0) is 26.5. The molecule has 0 amide bonds. The molecule has 0 aliphatic heterocycles. The third-order valence-corrected chi connectivity index (χ3v) is 7.30. The summed E-state index contributed by atoms with van der Waals surface area (Å²) in [7, 11) is 3.45. The number of carbonyl (C=O) groups is 1. The average molecular weight is 518 g/mol. The Morgan fingerprint density at radius 2 is 2.05 bits per heavy atom. The number of imidazole rings is 1. The lowest BCUT2D eigenvalue weighted by atomic mass is 9.88. The summed E-state index contributed by atoms with van der Waals surface area (Å²) in [5.74, 6) is 1.81. The van der Waals surface area contributed by atoms with Crippen LogP contribution in [0.3, 0.4) is 0 Å². The molecule has 9 nitrogen and oxygen atoms in total. The summed E-state index contributed by atoms with van der Waals surface area (Å²) in [4.78, 5) is 29.1. The Kier molecular flexibility index (Phi) is 8.14. The maximum absolute atomic E-state index is 12.2. The molecule has 3 heterocycles. The lowest BCUT2D eigenvalue weighted by Gasteiger charge is -2.37. The molecule has 1 atom stereocenters. The Hall–Kier alpha value is -3.56. The maximum Gasteiger partial charge on any atom is 0.263 e. The number of methoxy groups -OCH3 is 2. The normalized spacial score (nSPS) is 17.9. The molecule has 5 rings (SSSR count). The van der Waals surface area contributed by atoms with Crippen molar-refractivity contribution in [1.82, 2.24) is 25.3 Å². The first-order valence-corrected chi connectivity index (χ1v) is 13.3. The predicted octanol–water partition coefficient (Wildman–Crippen LogP) is 5.57. The van der Waals surface area contributed by atoms with Crippen molar-refractivity contribution >= 4 is 16.7 Å². The van der Waals surface area contributed by atoms with Crippen LogP contribution < -0.4 is 10.1 Å². The van der Waals surface area contributed by atoms with E-state index in [4.69, 9.17) is 18.9 Å². The van der Waals surface area contributed by atoms with Crippen LogP contribution in [-0.4, -0.2) is 52.1 Å². The van der Waals surface area contributed by atoms with Crippen LogP contribution in [0.25, 0.3) is 22.2 Å². The van der Waals surface area contributed by atoms with E-state index in [0.717, 1.165) is 78.0 Å². The van der Waals surface area contributed by atoms with Gasteiger partial charge in [0.2, 0.25) is 5.78 Å². The highest BCUT2D eigenvalue weighted by Gasteiger charge is 2.31. The second kappa shape index (κ2) is 11.9. The molecule has 1 saturated carbocycles. The number of hydrogen-bond acceptors (Lipinski definition) is 8. The SMILES string of the molecule is COc1cc2nc(C)ccc2cc1-c1cnc(C(CCCCCC(=O)c2ncco2)NC2CC(OC)C2)[nH]1. The molecule has 2 N–H and O–H groups in total. The van der Waals surface area contributed by atoms with Gasteiger partial charge in [0, 0.05) is 42.3 Å². The summed E-state index contributed by atoms with van der Waals surface area (Å²) in [6.07, 6.45) is 11.2. The number of ether oxygens (including phenoxy) is 2. The molecule has 1 fully saturated rings. The van der Waals surface area contributed by atoms with Crippen molar-refractivity contribution in [3.63, 3.8) is 0 Å². The molecule has 200 valence electrons. The van der Waals surface area contributed by atoms with Crippen molar-refractivity contribution in [3.8, 4) is 17.0 Å². The number of aromatic nitrogens is 4. The fourth-order valence-corrected chi connectivity index (χ4v) is 5.04. The summed E-state index contributed by atoms with van der Waals surface area (Å²) in [5.41, 5.74) is 3.74. The van der Waals surface area contributed by atoms with Gasteiger partial charge in [0.1, 0.15) is 17.8 Å². The van der Waals surface area contributed by atoms with E-state index in [2.05, 4.69) is 32.4 Å². The monoisotopic (exact) mass is 517 g/mol.